The lowest BCUT2D eigenvalue weighted by Gasteiger charge is -2.17. The van der Waals surface area contributed by atoms with Crippen molar-refractivity contribution in [1.82, 2.24) is 5.32 Å². The van der Waals surface area contributed by atoms with Crippen molar-refractivity contribution in [2.24, 2.45) is 0 Å². The molecule has 1 unspecified atom stereocenters. The molecule has 1 aromatic carbocycles. The number of hydrogen-bond acceptors (Lipinski definition) is 3. The maximum atomic E-state index is 3.63. The van der Waals surface area contributed by atoms with E-state index >= 15 is 0 Å². The molecule has 0 aliphatic rings. The highest BCUT2D eigenvalue weighted by molar-refractivity contribution is 9.10. The van der Waals surface area contributed by atoms with Gasteiger partial charge in [-0.3, -0.25) is 0 Å². The predicted octanol–water partition coefficient (Wildman–Crippen LogP) is 5.72. The van der Waals surface area contributed by atoms with Gasteiger partial charge in [0.15, 0.2) is 0 Å². The van der Waals surface area contributed by atoms with E-state index in [1.165, 1.54) is 14.2 Å². The second kappa shape index (κ2) is 7.84. The van der Waals surface area contributed by atoms with Crippen LogP contribution in [0.4, 0.5) is 0 Å². The van der Waals surface area contributed by atoms with E-state index in [1.54, 1.807) is 11.3 Å². The molecule has 0 saturated heterocycles. The Morgan fingerprint density at radius 3 is 2.53 bits per heavy atom. The Labute approximate surface area is 139 Å². The van der Waals surface area contributed by atoms with Gasteiger partial charge < -0.3 is 5.32 Å². The summed E-state index contributed by atoms with van der Waals surface area (Å²) in [6, 6.07) is 11.0. The summed E-state index contributed by atoms with van der Waals surface area (Å²) in [7, 11) is 0. The first-order valence-electron chi connectivity index (χ1n) is 6.05. The Balaban J connectivity index is 2.01. The van der Waals surface area contributed by atoms with Crippen LogP contribution in [0.5, 0.6) is 0 Å². The van der Waals surface area contributed by atoms with Gasteiger partial charge in [-0.1, -0.05) is 22.9 Å². The van der Waals surface area contributed by atoms with Gasteiger partial charge in [0.25, 0.3) is 0 Å². The van der Waals surface area contributed by atoms with Crippen LogP contribution in [0.2, 0.25) is 0 Å². The number of benzene rings is 1. The SMILES string of the molecule is CCNC(CSc1ccc(Br)cc1)c1sccc1Br. The monoisotopic (exact) mass is 419 g/mol. The molecule has 19 heavy (non-hydrogen) atoms. The van der Waals surface area contributed by atoms with Crippen molar-refractivity contribution in [3.05, 3.63) is 49.5 Å². The fraction of sp³-hybridized carbons (Fsp3) is 0.286. The largest absolute Gasteiger partial charge is 0.309 e. The van der Waals surface area contributed by atoms with Crippen molar-refractivity contribution in [1.29, 1.82) is 0 Å². The molecule has 1 nitrogen and oxygen atoms in total. The molecule has 0 amide bonds. The molecule has 102 valence electrons. The summed E-state index contributed by atoms with van der Waals surface area (Å²) < 4.78 is 2.33. The molecule has 0 fully saturated rings. The topological polar surface area (TPSA) is 12.0 Å². The quantitative estimate of drug-likeness (QED) is 0.600. The van der Waals surface area contributed by atoms with Gasteiger partial charge in [-0.25, -0.2) is 0 Å². The maximum Gasteiger partial charge on any atom is 0.0521 e. The van der Waals surface area contributed by atoms with E-state index in [0.29, 0.717) is 6.04 Å². The lowest BCUT2D eigenvalue weighted by atomic mass is 10.3. The molecular weight excluding hydrogens is 406 g/mol. The van der Waals surface area contributed by atoms with Gasteiger partial charge in [-0.05, 0) is 58.2 Å². The zero-order valence-electron chi connectivity index (χ0n) is 10.5. The molecule has 2 aromatic rings. The van der Waals surface area contributed by atoms with E-state index in [1.807, 2.05) is 11.8 Å². The van der Waals surface area contributed by atoms with E-state index < -0.39 is 0 Å². The highest BCUT2D eigenvalue weighted by atomic mass is 79.9. The maximum absolute atomic E-state index is 3.63. The second-order valence-corrected chi connectivity index (χ2v) is 7.82. The molecule has 0 aliphatic heterocycles. The summed E-state index contributed by atoms with van der Waals surface area (Å²) in [5.41, 5.74) is 0. The van der Waals surface area contributed by atoms with Crippen molar-refractivity contribution in [2.75, 3.05) is 12.3 Å². The molecule has 1 atom stereocenters. The van der Waals surface area contributed by atoms with Crippen LogP contribution in [0, 0.1) is 0 Å². The minimum absolute atomic E-state index is 0.396. The lowest BCUT2D eigenvalue weighted by molar-refractivity contribution is 0.613. The standard InChI is InChI=1S/C14H15Br2NS2/c1-2-17-13(14-12(16)7-8-18-14)9-19-11-5-3-10(15)4-6-11/h3-8,13,17H,2,9H2,1H3. The molecule has 1 aromatic heterocycles. The zero-order chi connectivity index (χ0) is 13.7. The van der Waals surface area contributed by atoms with Gasteiger partial charge in [0.1, 0.15) is 0 Å². The summed E-state index contributed by atoms with van der Waals surface area (Å²) >= 11 is 10.8. The number of nitrogens with one attached hydrogen (secondary N) is 1. The van der Waals surface area contributed by atoms with Gasteiger partial charge in [-0.15, -0.1) is 23.1 Å². The van der Waals surface area contributed by atoms with Gasteiger partial charge in [0.2, 0.25) is 0 Å². The van der Waals surface area contributed by atoms with Crippen LogP contribution in [0.15, 0.2) is 49.6 Å². The third-order valence-electron chi connectivity index (χ3n) is 2.64. The molecule has 0 saturated carbocycles. The third-order valence-corrected chi connectivity index (χ3v) is 6.26. The smallest absolute Gasteiger partial charge is 0.0521 e. The third kappa shape index (κ3) is 4.60. The molecule has 1 N–H and O–H groups in total. The average molecular weight is 421 g/mol. The number of rotatable bonds is 6. The van der Waals surface area contributed by atoms with Crippen molar-refractivity contribution in [2.45, 2.75) is 17.9 Å². The van der Waals surface area contributed by atoms with E-state index in [9.17, 15) is 0 Å². The molecular formula is C14H15Br2NS2. The van der Waals surface area contributed by atoms with Gasteiger partial charge in [0, 0.05) is 24.5 Å². The van der Waals surface area contributed by atoms with Crippen LogP contribution in [-0.2, 0) is 0 Å². The van der Waals surface area contributed by atoms with Crippen LogP contribution in [-0.4, -0.2) is 12.3 Å². The minimum Gasteiger partial charge on any atom is -0.309 e. The number of thioether (sulfide) groups is 1. The summed E-state index contributed by atoms with van der Waals surface area (Å²) in [6.07, 6.45) is 0. The van der Waals surface area contributed by atoms with E-state index in [2.05, 4.69) is 79.8 Å². The highest BCUT2D eigenvalue weighted by Crippen LogP contribution is 2.33. The average Bonchev–Trinajstić information content (AvgIpc) is 2.83. The van der Waals surface area contributed by atoms with E-state index in [4.69, 9.17) is 0 Å². The van der Waals surface area contributed by atoms with Gasteiger partial charge in [0.05, 0.1) is 6.04 Å². The second-order valence-electron chi connectivity index (χ2n) is 4.01. The van der Waals surface area contributed by atoms with Crippen molar-refractivity contribution >= 4 is 55.0 Å². The molecule has 0 bridgehead atoms. The molecule has 2 rings (SSSR count). The highest BCUT2D eigenvalue weighted by Gasteiger charge is 2.15. The first-order valence-corrected chi connectivity index (χ1v) is 9.50. The van der Waals surface area contributed by atoms with Crippen LogP contribution < -0.4 is 5.32 Å². The first kappa shape index (κ1) is 15.6. The minimum atomic E-state index is 0.396. The zero-order valence-corrected chi connectivity index (χ0v) is 15.3. The van der Waals surface area contributed by atoms with E-state index in [-0.39, 0.29) is 0 Å². The van der Waals surface area contributed by atoms with Crippen LogP contribution in [0.1, 0.15) is 17.8 Å². The Hall–Kier alpha value is 0.190. The Kier molecular flexibility index (Phi) is 6.42. The van der Waals surface area contributed by atoms with Crippen LogP contribution >= 0.6 is 55.0 Å². The van der Waals surface area contributed by atoms with Crippen molar-refractivity contribution < 1.29 is 0 Å². The first-order chi connectivity index (χ1) is 9.20. The number of halogens is 2. The fourth-order valence-electron chi connectivity index (χ4n) is 1.74. The van der Waals surface area contributed by atoms with E-state index in [0.717, 1.165) is 16.8 Å². The summed E-state index contributed by atoms with van der Waals surface area (Å²) in [6.45, 7) is 3.13. The molecule has 1 heterocycles. The number of thiophene rings is 1. The van der Waals surface area contributed by atoms with Gasteiger partial charge in [-0.2, -0.15) is 0 Å². The normalized spacial score (nSPS) is 12.6. The molecule has 0 aliphatic carbocycles. The lowest BCUT2D eigenvalue weighted by Crippen LogP contribution is -2.22. The predicted molar refractivity (Wildman–Crippen MR) is 93.3 cm³/mol. The molecule has 0 radical (unpaired) electrons. The summed E-state index contributed by atoms with van der Waals surface area (Å²) in [5.74, 6) is 1.04. The molecule has 5 heteroatoms. The Morgan fingerprint density at radius 1 is 1.21 bits per heavy atom. The van der Waals surface area contributed by atoms with Crippen LogP contribution in [0.3, 0.4) is 0 Å². The van der Waals surface area contributed by atoms with Gasteiger partial charge >= 0.3 is 0 Å². The Morgan fingerprint density at radius 2 is 1.95 bits per heavy atom. The van der Waals surface area contributed by atoms with Crippen molar-refractivity contribution in [3.63, 3.8) is 0 Å². The number of hydrogen-bond donors (Lipinski definition) is 1. The summed E-state index contributed by atoms with van der Waals surface area (Å²) in [5, 5.41) is 5.69. The molecule has 0 spiro atoms. The van der Waals surface area contributed by atoms with Crippen molar-refractivity contribution in [3.8, 4) is 0 Å². The Bertz CT molecular complexity index is 510. The van der Waals surface area contributed by atoms with Crippen LogP contribution in [0.25, 0.3) is 0 Å². The fourth-order valence-corrected chi connectivity index (χ4v) is 4.81. The summed E-state index contributed by atoms with van der Waals surface area (Å²) in [4.78, 5) is 2.69.